The lowest BCUT2D eigenvalue weighted by atomic mass is 10.2. The van der Waals surface area contributed by atoms with Gasteiger partial charge in [-0.1, -0.05) is 41.9 Å². The predicted molar refractivity (Wildman–Crippen MR) is 108 cm³/mol. The van der Waals surface area contributed by atoms with Crippen molar-refractivity contribution < 1.29 is 9.53 Å². The number of carbonyl (C=O) groups is 1. The van der Waals surface area contributed by atoms with E-state index in [1.54, 1.807) is 13.1 Å². The van der Waals surface area contributed by atoms with Crippen molar-refractivity contribution in [1.29, 1.82) is 0 Å². The number of hydrogen-bond acceptors (Lipinski definition) is 3. The van der Waals surface area contributed by atoms with Crippen LogP contribution in [0.3, 0.4) is 0 Å². The second-order valence-corrected chi connectivity index (χ2v) is 7.10. The number of aromatic nitrogens is 1. The molecule has 0 bridgehead atoms. The van der Waals surface area contributed by atoms with Gasteiger partial charge in [-0.2, -0.15) is 0 Å². The highest BCUT2D eigenvalue weighted by atomic mass is 127. The summed E-state index contributed by atoms with van der Waals surface area (Å²) in [6, 6.07) is 15.3. The van der Waals surface area contributed by atoms with Crippen LogP contribution in [0.25, 0.3) is 10.9 Å². The minimum Gasteiger partial charge on any atom is -0.477 e. The number of carbonyl (C=O) groups excluding carboxylic acids is 1. The second kappa shape index (κ2) is 8.01. The fourth-order valence-corrected chi connectivity index (χ4v) is 3.56. The maximum Gasteiger partial charge on any atom is 0.261 e. The Hall–Kier alpha value is -1.86. The first kappa shape index (κ1) is 17.9. The van der Waals surface area contributed by atoms with Gasteiger partial charge in [0.2, 0.25) is 0 Å². The van der Waals surface area contributed by atoms with Crippen molar-refractivity contribution in [3.63, 3.8) is 0 Å². The summed E-state index contributed by atoms with van der Waals surface area (Å²) in [5, 5.41) is 4.30. The topological polar surface area (TPSA) is 51.2 Å². The van der Waals surface area contributed by atoms with E-state index in [1.807, 2.05) is 48.5 Å². The van der Waals surface area contributed by atoms with Gasteiger partial charge in [0.05, 0.1) is 8.59 Å². The van der Waals surface area contributed by atoms with E-state index in [4.69, 9.17) is 16.3 Å². The smallest absolute Gasteiger partial charge is 0.261 e. The number of hydrogen-bond donors (Lipinski definition) is 1. The number of halogens is 2. The highest BCUT2D eigenvalue weighted by molar-refractivity contribution is 14.1. The Labute approximate surface area is 164 Å². The average molecular weight is 467 g/mol. The van der Waals surface area contributed by atoms with Crippen molar-refractivity contribution in [2.75, 3.05) is 0 Å². The first-order valence-electron chi connectivity index (χ1n) is 7.77. The van der Waals surface area contributed by atoms with Crippen LogP contribution in [-0.2, 0) is 11.3 Å². The van der Waals surface area contributed by atoms with Gasteiger partial charge in [-0.3, -0.25) is 9.78 Å². The molecule has 2 aromatic carbocycles. The predicted octanol–water partition coefficient (Wildman–Crippen LogP) is 4.58. The molecule has 1 atom stereocenters. The molecule has 1 amide bonds. The second-order valence-electron chi connectivity index (χ2n) is 5.53. The zero-order valence-corrected chi connectivity index (χ0v) is 16.4. The fourth-order valence-electron chi connectivity index (χ4n) is 2.42. The number of nitrogens with zero attached hydrogens (tertiary/aromatic N) is 1. The van der Waals surface area contributed by atoms with Crippen LogP contribution in [0.15, 0.2) is 54.7 Å². The molecule has 0 saturated heterocycles. The Bertz CT molecular complexity index is 903. The highest BCUT2D eigenvalue weighted by Crippen LogP contribution is 2.35. The van der Waals surface area contributed by atoms with Gasteiger partial charge in [-0.15, -0.1) is 0 Å². The third-order valence-corrected chi connectivity index (χ3v) is 4.84. The van der Waals surface area contributed by atoms with Crippen LogP contribution in [0.5, 0.6) is 5.75 Å². The molecule has 1 heterocycles. The number of amides is 1. The van der Waals surface area contributed by atoms with Gasteiger partial charge in [0, 0.05) is 18.1 Å². The lowest BCUT2D eigenvalue weighted by molar-refractivity contribution is -0.127. The maximum atomic E-state index is 12.3. The van der Waals surface area contributed by atoms with Crippen molar-refractivity contribution >= 4 is 51.0 Å². The minimum atomic E-state index is -0.649. The molecule has 0 aliphatic rings. The van der Waals surface area contributed by atoms with Crippen molar-refractivity contribution in [3.8, 4) is 5.75 Å². The molecule has 0 aliphatic heterocycles. The summed E-state index contributed by atoms with van der Waals surface area (Å²) in [6.07, 6.45) is 1.03. The first-order valence-corrected chi connectivity index (χ1v) is 9.23. The molecule has 1 unspecified atom stereocenters. The molecule has 0 spiro atoms. The van der Waals surface area contributed by atoms with Gasteiger partial charge >= 0.3 is 0 Å². The van der Waals surface area contributed by atoms with Crippen LogP contribution in [0.4, 0.5) is 0 Å². The Morgan fingerprint density at radius 1 is 1.28 bits per heavy atom. The van der Waals surface area contributed by atoms with E-state index >= 15 is 0 Å². The Kier molecular flexibility index (Phi) is 5.75. The number of fused-ring (bicyclic) bond motifs is 1. The standard InChI is InChI=1S/C19H16ClIN2O2/c1-12(19(24)23-11-13-6-3-2-4-7-13)25-18-16(21)10-15(20)14-8-5-9-22-17(14)18/h2-10,12H,11H2,1H3,(H,23,24). The summed E-state index contributed by atoms with van der Waals surface area (Å²) >= 11 is 8.41. The summed E-state index contributed by atoms with van der Waals surface area (Å²) in [4.78, 5) is 16.7. The Balaban J connectivity index is 1.75. The van der Waals surface area contributed by atoms with Crippen LogP contribution >= 0.6 is 34.2 Å². The summed E-state index contributed by atoms with van der Waals surface area (Å²) in [5.74, 6) is 0.390. The molecule has 0 fully saturated rings. The number of nitrogens with one attached hydrogen (secondary N) is 1. The molecule has 128 valence electrons. The summed E-state index contributed by atoms with van der Waals surface area (Å²) in [6.45, 7) is 2.18. The molecule has 6 heteroatoms. The zero-order valence-electron chi connectivity index (χ0n) is 13.5. The molecule has 3 aromatic rings. The normalized spacial score (nSPS) is 12.0. The lowest BCUT2D eigenvalue weighted by Crippen LogP contribution is -2.36. The molecule has 25 heavy (non-hydrogen) atoms. The van der Waals surface area contributed by atoms with Crippen LogP contribution < -0.4 is 10.1 Å². The van der Waals surface area contributed by atoms with Gasteiger partial charge in [0.1, 0.15) is 5.52 Å². The molecular formula is C19H16ClIN2O2. The summed E-state index contributed by atoms with van der Waals surface area (Å²) in [7, 11) is 0. The molecule has 0 radical (unpaired) electrons. The minimum absolute atomic E-state index is 0.182. The quantitative estimate of drug-likeness (QED) is 0.560. The van der Waals surface area contributed by atoms with Gasteiger partial charge < -0.3 is 10.1 Å². The van der Waals surface area contributed by atoms with E-state index in [0.29, 0.717) is 22.8 Å². The van der Waals surface area contributed by atoms with Crippen molar-refractivity contribution in [1.82, 2.24) is 10.3 Å². The SMILES string of the molecule is CC(Oc1c(I)cc(Cl)c2cccnc12)C(=O)NCc1ccccc1. The molecule has 1 aromatic heterocycles. The van der Waals surface area contributed by atoms with Gasteiger partial charge in [0.25, 0.3) is 5.91 Å². The van der Waals surface area contributed by atoms with E-state index in [9.17, 15) is 4.79 Å². The largest absolute Gasteiger partial charge is 0.477 e. The fraction of sp³-hybridized carbons (Fsp3) is 0.158. The van der Waals surface area contributed by atoms with E-state index in [1.165, 1.54) is 0 Å². The third kappa shape index (κ3) is 4.22. The van der Waals surface area contributed by atoms with Crippen LogP contribution in [-0.4, -0.2) is 17.0 Å². The van der Waals surface area contributed by atoms with E-state index < -0.39 is 6.10 Å². The number of ether oxygens (including phenoxy) is 1. The van der Waals surface area contributed by atoms with Crippen LogP contribution in [0, 0.1) is 3.57 Å². The Morgan fingerprint density at radius 3 is 2.80 bits per heavy atom. The number of rotatable bonds is 5. The average Bonchev–Trinajstić information content (AvgIpc) is 2.63. The van der Waals surface area contributed by atoms with E-state index in [2.05, 4.69) is 32.9 Å². The summed E-state index contributed by atoms with van der Waals surface area (Å²) in [5.41, 5.74) is 1.69. The van der Waals surface area contributed by atoms with Crippen LogP contribution in [0.1, 0.15) is 12.5 Å². The molecule has 0 aliphatic carbocycles. The maximum absolute atomic E-state index is 12.3. The molecule has 4 nitrogen and oxygen atoms in total. The summed E-state index contributed by atoms with van der Waals surface area (Å²) < 4.78 is 6.74. The van der Waals surface area contributed by atoms with Crippen molar-refractivity contribution in [3.05, 3.63) is 68.9 Å². The Morgan fingerprint density at radius 2 is 2.04 bits per heavy atom. The monoisotopic (exact) mass is 466 g/mol. The number of benzene rings is 2. The molecular weight excluding hydrogens is 451 g/mol. The van der Waals surface area contributed by atoms with Crippen molar-refractivity contribution in [2.24, 2.45) is 0 Å². The van der Waals surface area contributed by atoms with Gasteiger partial charge in [-0.05, 0) is 53.3 Å². The molecule has 1 N–H and O–H groups in total. The van der Waals surface area contributed by atoms with Gasteiger partial charge in [-0.25, -0.2) is 0 Å². The highest BCUT2D eigenvalue weighted by Gasteiger charge is 2.19. The zero-order chi connectivity index (χ0) is 17.8. The number of pyridine rings is 1. The third-order valence-electron chi connectivity index (χ3n) is 3.72. The van der Waals surface area contributed by atoms with E-state index in [0.717, 1.165) is 14.5 Å². The first-order chi connectivity index (χ1) is 12.1. The lowest BCUT2D eigenvalue weighted by Gasteiger charge is -2.17. The van der Waals surface area contributed by atoms with Crippen molar-refractivity contribution in [2.45, 2.75) is 19.6 Å². The molecule has 3 rings (SSSR count). The van der Waals surface area contributed by atoms with Gasteiger partial charge in [0.15, 0.2) is 11.9 Å². The molecule has 0 saturated carbocycles. The van der Waals surface area contributed by atoms with Crippen LogP contribution in [0.2, 0.25) is 5.02 Å². The van der Waals surface area contributed by atoms with E-state index in [-0.39, 0.29) is 5.91 Å².